The Morgan fingerprint density at radius 3 is 3.12 bits per heavy atom. The summed E-state index contributed by atoms with van der Waals surface area (Å²) in [5, 5.41) is 11.3. The lowest BCUT2D eigenvalue weighted by molar-refractivity contribution is -0.137. The number of ether oxygens (including phenoxy) is 1. The van der Waals surface area contributed by atoms with Crippen molar-refractivity contribution in [3.8, 4) is 5.75 Å². The number of fused-ring (bicyclic) bond motifs is 1. The number of amides is 1. The van der Waals surface area contributed by atoms with Crippen molar-refractivity contribution in [3.05, 3.63) is 29.3 Å². The Kier molecular flexibility index (Phi) is 3.27. The minimum absolute atomic E-state index is 0.127. The van der Waals surface area contributed by atoms with Crippen LogP contribution in [0.3, 0.4) is 0 Å². The molecule has 0 saturated carbocycles. The number of carboxylic acids is 1. The highest BCUT2D eigenvalue weighted by atomic mass is 16.5. The van der Waals surface area contributed by atoms with Crippen molar-refractivity contribution in [1.29, 1.82) is 0 Å². The molecule has 1 heterocycles. The Hall–Kier alpha value is -2.04. The van der Waals surface area contributed by atoms with Crippen molar-refractivity contribution in [1.82, 2.24) is 5.32 Å². The molecular weight excluding hydrogens is 222 g/mol. The van der Waals surface area contributed by atoms with Crippen molar-refractivity contribution in [2.75, 3.05) is 6.61 Å². The number of hydrogen-bond donors (Lipinski definition) is 2. The number of carbonyl (C=O) groups is 2. The number of carboxylic acid groups (broad SMARTS) is 1. The molecular formula is C12H13NO4. The molecule has 5 heteroatoms. The summed E-state index contributed by atoms with van der Waals surface area (Å²) in [6.07, 6.45) is 1.22. The molecule has 5 nitrogen and oxygen atoms in total. The van der Waals surface area contributed by atoms with E-state index >= 15 is 0 Å². The summed E-state index contributed by atoms with van der Waals surface area (Å²) in [7, 11) is 0. The Bertz CT molecular complexity index is 444. The molecule has 1 aromatic rings. The Morgan fingerprint density at radius 2 is 2.41 bits per heavy atom. The second-order valence-electron chi connectivity index (χ2n) is 3.90. The standard InChI is InChI=1S/C12H13NO4/c14-7-13-10(6-12(15)16)8-1-2-11-9(5-8)3-4-17-11/h1-2,5,7,10H,3-4,6H2,(H,13,14)(H,15,16)/t10-/m1/s1. The van der Waals surface area contributed by atoms with Crippen LogP contribution < -0.4 is 10.1 Å². The number of benzene rings is 1. The summed E-state index contributed by atoms with van der Waals surface area (Å²) in [4.78, 5) is 21.2. The highest BCUT2D eigenvalue weighted by molar-refractivity contribution is 5.68. The first-order valence-corrected chi connectivity index (χ1v) is 5.38. The van der Waals surface area contributed by atoms with E-state index in [0.29, 0.717) is 13.0 Å². The molecule has 0 aromatic heterocycles. The van der Waals surface area contributed by atoms with Crippen LogP contribution in [0.1, 0.15) is 23.6 Å². The van der Waals surface area contributed by atoms with Crippen molar-refractivity contribution >= 4 is 12.4 Å². The van der Waals surface area contributed by atoms with Gasteiger partial charge in [-0.25, -0.2) is 0 Å². The normalized spacial score (nSPS) is 14.6. The van der Waals surface area contributed by atoms with Crippen molar-refractivity contribution in [3.63, 3.8) is 0 Å². The van der Waals surface area contributed by atoms with E-state index in [1.54, 1.807) is 6.07 Å². The summed E-state index contributed by atoms with van der Waals surface area (Å²) in [6, 6.07) is 5.01. The summed E-state index contributed by atoms with van der Waals surface area (Å²) in [6.45, 7) is 0.656. The van der Waals surface area contributed by atoms with Crippen LogP contribution >= 0.6 is 0 Å². The van der Waals surface area contributed by atoms with Crippen molar-refractivity contribution < 1.29 is 19.4 Å². The fourth-order valence-corrected chi connectivity index (χ4v) is 1.95. The number of hydrogen-bond acceptors (Lipinski definition) is 3. The molecule has 1 amide bonds. The minimum atomic E-state index is -0.943. The molecule has 0 spiro atoms. The SMILES string of the molecule is O=CN[C@H](CC(=O)O)c1ccc2c(c1)CCO2. The Balaban J connectivity index is 2.23. The van der Waals surface area contributed by atoms with Gasteiger partial charge in [-0.1, -0.05) is 6.07 Å². The average molecular weight is 235 g/mol. The maximum atomic E-state index is 10.7. The zero-order chi connectivity index (χ0) is 12.3. The van der Waals surface area contributed by atoms with Gasteiger partial charge in [0.15, 0.2) is 0 Å². The number of aliphatic carboxylic acids is 1. The Morgan fingerprint density at radius 1 is 1.59 bits per heavy atom. The van der Waals surface area contributed by atoms with Crippen LogP contribution in [0.25, 0.3) is 0 Å². The molecule has 2 N–H and O–H groups in total. The predicted molar refractivity (Wildman–Crippen MR) is 59.8 cm³/mol. The molecule has 0 bridgehead atoms. The largest absolute Gasteiger partial charge is 0.493 e. The van der Waals surface area contributed by atoms with Gasteiger partial charge in [0.05, 0.1) is 19.1 Å². The van der Waals surface area contributed by atoms with E-state index in [1.165, 1.54) is 0 Å². The minimum Gasteiger partial charge on any atom is -0.493 e. The third kappa shape index (κ3) is 2.55. The molecule has 1 aliphatic rings. The zero-order valence-electron chi connectivity index (χ0n) is 9.18. The number of rotatable bonds is 5. The van der Waals surface area contributed by atoms with Gasteiger partial charge in [-0.15, -0.1) is 0 Å². The first-order valence-electron chi connectivity index (χ1n) is 5.38. The van der Waals surface area contributed by atoms with Gasteiger partial charge in [0.25, 0.3) is 0 Å². The summed E-state index contributed by atoms with van der Waals surface area (Å²) >= 11 is 0. The molecule has 1 aromatic carbocycles. The quantitative estimate of drug-likeness (QED) is 0.743. The van der Waals surface area contributed by atoms with Gasteiger partial charge >= 0.3 is 5.97 Å². The molecule has 1 atom stereocenters. The molecule has 0 unspecified atom stereocenters. The number of nitrogens with one attached hydrogen (secondary N) is 1. The lowest BCUT2D eigenvalue weighted by Crippen LogP contribution is -2.22. The average Bonchev–Trinajstić information content (AvgIpc) is 2.74. The molecule has 1 aliphatic heterocycles. The van der Waals surface area contributed by atoms with Crippen LogP contribution in [0.15, 0.2) is 18.2 Å². The van der Waals surface area contributed by atoms with Crippen LogP contribution in [0, 0.1) is 0 Å². The first kappa shape index (κ1) is 11.4. The van der Waals surface area contributed by atoms with E-state index in [4.69, 9.17) is 9.84 Å². The predicted octanol–water partition coefficient (Wildman–Crippen LogP) is 0.883. The van der Waals surface area contributed by atoms with E-state index in [0.717, 1.165) is 23.3 Å². The van der Waals surface area contributed by atoms with Gasteiger partial charge in [-0.05, 0) is 23.3 Å². The maximum Gasteiger partial charge on any atom is 0.305 e. The molecule has 0 aliphatic carbocycles. The molecule has 17 heavy (non-hydrogen) atoms. The highest BCUT2D eigenvalue weighted by Gasteiger charge is 2.18. The second-order valence-corrected chi connectivity index (χ2v) is 3.90. The summed E-state index contributed by atoms with van der Waals surface area (Å²) in [5.41, 5.74) is 1.86. The summed E-state index contributed by atoms with van der Waals surface area (Å²) < 4.78 is 5.37. The van der Waals surface area contributed by atoms with Gasteiger partial charge in [0, 0.05) is 6.42 Å². The van der Waals surface area contributed by atoms with E-state index in [2.05, 4.69) is 5.32 Å². The van der Waals surface area contributed by atoms with E-state index in [1.807, 2.05) is 12.1 Å². The topological polar surface area (TPSA) is 75.6 Å². The van der Waals surface area contributed by atoms with Gasteiger partial charge in [-0.2, -0.15) is 0 Å². The zero-order valence-corrected chi connectivity index (χ0v) is 9.18. The lowest BCUT2D eigenvalue weighted by Gasteiger charge is -2.15. The van der Waals surface area contributed by atoms with Gasteiger partial charge < -0.3 is 15.2 Å². The maximum absolute atomic E-state index is 10.7. The second kappa shape index (κ2) is 4.86. The van der Waals surface area contributed by atoms with Gasteiger partial charge in [0.1, 0.15) is 5.75 Å². The van der Waals surface area contributed by atoms with Crippen LogP contribution in [0.4, 0.5) is 0 Å². The fraction of sp³-hybridized carbons (Fsp3) is 0.333. The van der Waals surface area contributed by atoms with E-state index in [-0.39, 0.29) is 6.42 Å². The van der Waals surface area contributed by atoms with Crippen LogP contribution in [-0.4, -0.2) is 24.1 Å². The first-order chi connectivity index (χ1) is 8.20. The monoisotopic (exact) mass is 235 g/mol. The van der Waals surface area contributed by atoms with E-state index in [9.17, 15) is 9.59 Å². The fourth-order valence-electron chi connectivity index (χ4n) is 1.95. The van der Waals surface area contributed by atoms with Crippen molar-refractivity contribution in [2.24, 2.45) is 0 Å². The number of carbonyl (C=O) groups excluding carboxylic acids is 1. The highest BCUT2D eigenvalue weighted by Crippen LogP contribution is 2.28. The third-order valence-corrected chi connectivity index (χ3v) is 2.76. The van der Waals surface area contributed by atoms with Crippen LogP contribution in [0.2, 0.25) is 0 Å². The van der Waals surface area contributed by atoms with Crippen LogP contribution in [-0.2, 0) is 16.0 Å². The molecule has 0 fully saturated rings. The third-order valence-electron chi connectivity index (χ3n) is 2.76. The molecule has 90 valence electrons. The van der Waals surface area contributed by atoms with E-state index < -0.39 is 12.0 Å². The van der Waals surface area contributed by atoms with Gasteiger partial charge in [0.2, 0.25) is 6.41 Å². The summed E-state index contributed by atoms with van der Waals surface area (Å²) in [5.74, 6) is -0.102. The van der Waals surface area contributed by atoms with Gasteiger partial charge in [-0.3, -0.25) is 9.59 Å². The molecule has 0 saturated heterocycles. The van der Waals surface area contributed by atoms with Crippen molar-refractivity contribution in [2.45, 2.75) is 18.9 Å². The lowest BCUT2D eigenvalue weighted by atomic mass is 10.0. The van der Waals surface area contributed by atoms with Crippen LogP contribution in [0.5, 0.6) is 5.75 Å². The molecule has 0 radical (unpaired) electrons. The Labute approximate surface area is 98.4 Å². The smallest absolute Gasteiger partial charge is 0.305 e. The molecule has 2 rings (SSSR count).